The lowest BCUT2D eigenvalue weighted by molar-refractivity contribution is 0.794. The maximum Gasteiger partial charge on any atom is 0.114 e. The minimum absolute atomic E-state index is 0.0148. The molecule has 3 heteroatoms. The molecule has 5 rings (SSSR count). The number of hydrazine groups is 1. The van der Waals surface area contributed by atoms with Gasteiger partial charge in [0.2, 0.25) is 0 Å². The molecule has 1 heterocycles. The zero-order valence-electron chi connectivity index (χ0n) is 11.3. The molecule has 1 aliphatic heterocycles. The van der Waals surface area contributed by atoms with E-state index in [1.54, 1.807) is 0 Å². The van der Waals surface area contributed by atoms with Gasteiger partial charge in [0.05, 0.1) is 17.1 Å². The minimum atomic E-state index is 0.0148. The van der Waals surface area contributed by atoms with E-state index in [1.165, 1.54) is 21.9 Å². The molecule has 0 amide bonds. The van der Waals surface area contributed by atoms with Crippen LogP contribution in [0.4, 0.5) is 11.4 Å². The van der Waals surface area contributed by atoms with Gasteiger partial charge < -0.3 is 0 Å². The normalized spacial score (nSPS) is 18.4. The highest BCUT2D eigenvalue weighted by molar-refractivity contribution is 6.23. The Morgan fingerprint density at radius 2 is 1.71 bits per heavy atom. The first-order valence-corrected chi connectivity index (χ1v) is 7.08. The second-order valence-electron chi connectivity index (χ2n) is 5.55. The highest BCUT2D eigenvalue weighted by Gasteiger charge is 2.37. The van der Waals surface area contributed by atoms with Crippen LogP contribution in [0.1, 0.15) is 17.2 Å². The predicted molar refractivity (Wildman–Crippen MR) is 86.0 cm³/mol. The first-order chi connectivity index (χ1) is 10.3. The Morgan fingerprint density at radius 3 is 2.62 bits per heavy atom. The van der Waals surface area contributed by atoms with Gasteiger partial charge >= 0.3 is 0 Å². The summed E-state index contributed by atoms with van der Waals surface area (Å²) in [6, 6.07) is 20.8. The molecule has 3 nitrogen and oxygen atoms in total. The Labute approximate surface area is 122 Å². The van der Waals surface area contributed by atoms with Gasteiger partial charge in [-0.25, -0.2) is 10.8 Å². The van der Waals surface area contributed by atoms with Gasteiger partial charge in [-0.05, 0) is 28.5 Å². The van der Waals surface area contributed by atoms with E-state index in [0.717, 1.165) is 17.1 Å². The van der Waals surface area contributed by atoms with Crippen LogP contribution in [0.25, 0.3) is 10.8 Å². The number of benzene rings is 3. The van der Waals surface area contributed by atoms with Crippen molar-refractivity contribution < 1.29 is 0 Å². The van der Waals surface area contributed by atoms with Crippen LogP contribution in [0.2, 0.25) is 0 Å². The average Bonchev–Trinajstić information content (AvgIpc) is 2.85. The predicted octanol–water partition coefficient (Wildman–Crippen LogP) is 3.71. The summed E-state index contributed by atoms with van der Waals surface area (Å²) in [6.07, 6.45) is 0. The second kappa shape index (κ2) is 3.71. The Morgan fingerprint density at radius 1 is 0.905 bits per heavy atom. The molecule has 0 saturated carbocycles. The fourth-order valence-electron chi connectivity index (χ4n) is 3.55. The fraction of sp³-hybridized carbons (Fsp3) is 0.0556. The third-order valence-corrected chi connectivity index (χ3v) is 4.45. The smallest absolute Gasteiger partial charge is 0.114 e. The summed E-state index contributed by atoms with van der Waals surface area (Å²) in [5.74, 6) is 6.44. The highest BCUT2D eigenvalue weighted by Crippen LogP contribution is 2.46. The Hall–Kier alpha value is -2.65. The maximum absolute atomic E-state index is 6.44. The van der Waals surface area contributed by atoms with Crippen molar-refractivity contribution in [3.05, 3.63) is 71.8 Å². The number of hydrogen-bond donors (Lipinski definition) is 1. The Kier molecular flexibility index (Phi) is 1.95. The lowest BCUT2D eigenvalue weighted by Crippen LogP contribution is -2.40. The van der Waals surface area contributed by atoms with Gasteiger partial charge in [-0.15, -0.1) is 0 Å². The van der Waals surface area contributed by atoms with Crippen LogP contribution in [-0.2, 0) is 0 Å². The van der Waals surface area contributed by atoms with Crippen LogP contribution < -0.4 is 10.9 Å². The van der Waals surface area contributed by atoms with Crippen molar-refractivity contribution in [1.82, 2.24) is 0 Å². The average molecular weight is 271 g/mol. The zero-order valence-corrected chi connectivity index (χ0v) is 11.3. The lowest BCUT2D eigenvalue weighted by atomic mass is 10.0. The molecule has 0 aromatic heterocycles. The van der Waals surface area contributed by atoms with E-state index < -0.39 is 0 Å². The van der Waals surface area contributed by atoms with Crippen LogP contribution in [-0.4, -0.2) is 5.71 Å². The first-order valence-electron chi connectivity index (χ1n) is 7.08. The first kappa shape index (κ1) is 11.1. The molecule has 0 spiro atoms. The quantitative estimate of drug-likeness (QED) is 0.633. The van der Waals surface area contributed by atoms with E-state index in [-0.39, 0.29) is 6.04 Å². The van der Waals surface area contributed by atoms with Gasteiger partial charge in [0.15, 0.2) is 0 Å². The van der Waals surface area contributed by atoms with Crippen molar-refractivity contribution in [1.29, 1.82) is 0 Å². The third kappa shape index (κ3) is 1.29. The van der Waals surface area contributed by atoms with Gasteiger partial charge in [-0.2, -0.15) is 0 Å². The minimum Gasteiger partial charge on any atom is -0.295 e. The van der Waals surface area contributed by atoms with Crippen molar-refractivity contribution >= 4 is 27.9 Å². The molecule has 0 radical (unpaired) electrons. The molecule has 0 saturated heterocycles. The van der Waals surface area contributed by atoms with E-state index in [1.807, 2.05) is 29.3 Å². The summed E-state index contributed by atoms with van der Waals surface area (Å²) in [5, 5.41) is 4.39. The topological polar surface area (TPSA) is 41.6 Å². The third-order valence-electron chi connectivity index (χ3n) is 4.45. The molecule has 100 valence electrons. The van der Waals surface area contributed by atoms with Crippen LogP contribution in [0.5, 0.6) is 0 Å². The van der Waals surface area contributed by atoms with Crippen LogP contribution in [0.3, 0.4) is 0 Å². The largest absolute Gasteiger partial charge is 0.295 e. The van der Waals surface area contributed by atoms with Crippen molar-refractivity contribution in [2.24, 2.45) is 10.8 Å². The van der Waals surface area contributed by atoms with Gasteiger partial charge in [0.25, 0.3) is 0 Å². The summed E-state index contributed by atoms with van der Waals surface area (Å²) < 4.78 is 0. The van der Waals surface area contributed by atoms with Crippen molar-refractivity contribution in [3.8, 4) is 0 Å². The number of rotatable bonds is 0. The van der Waals surface area contributed by atoms with Crippen LogP contribution in [0, 0.1) is 0 Å². The maximum atomic E-state index is 6.44. The molecule has 2 aliphatic rings. The number of fused-ring (bicyclic) bond motifs is 4. The van der Waals surface area contributed by atoms with E-state index in [4.69, 9.17) is 10.8 Å². The standard InChI is InChI=1S/C18H13N3/c19-21-15-10-2-1-9-14(15)20-17-12-7-3-5-11-6-4-8-13(16(11)12)18(17)21/h1-10,18H,19H2. The fourth-order valence-corrected chi connectivity index (χ4v) is 3.55. The van der Waals surface area contributed by atoms with Gasteiger partial charge in [-0.3, -0.25) is 5.01 Å². The van der Waals surface area contributed by atoms with Crippen molar-refractivity contribution in [2.75, 3.05) is 5.01 Å². The van der Waals surface area contributed by atoms with E-state index in [2.05, 4.69) is 36.4 Å². The van der Waals surface area contributed by atoms with E-state index in [9.17, 15) is 0 Å². The zero-order chi connectivity index (χ0) is 14.0. The lowest BCUT2D eigenvalue weighted by Gasteiger charge is -2.32. The molecular weight excluding hydrogens is 258 g/mol. The van der Waals surface area contributed by atoms with Crippen molar-refractivity contribution in [3.63, 3.8) is 0 Å². The van der Waals surface area contributed by atoms with Gasteiger partial charge in [-0.1, -0.05) is 48.5 Å². The number of nitrogens with zero attached hydrogens (tertiary/aromatic N) is 2. The van der Waals surface area contributed by atoms with Gasteiger partial charge in [0.1, 0.15) is 6.04 Å². The summed E-state index contributed by atoms with van der Waals surface area (Å²) in [6.45, 7) is 0. The molecule has 0 bridgehead atoms. The summed E-state index contributed by atoms with van der Waals surface area (Å²) in [4.78, 5) is 4.89. The SMILES string of the molecule is NN1c2ccccc2N=C2c3cccc4cccc(c34)C21. The summed E-state index contributed by atoms with van der Waals surface area (Å²) in [7, 11) is 0. The molecular formula is C18H13N3. The Balaban J connectivity index is 1.89. The molecule has 3 aromatic carbocycles. The number of hydrogen-bond acceptors (Lipinski definition) is 3. The molecule has 3 aromatic rings. The molecule has 1 unspecified atom stereocenters. The number of anilines is 1. The number of aliphatic imine (C=N–C) groups is 1. The molecule has 21 heavy (non-hydrogen) atoms. The number of nitrogens with two attached hydrogens (primary N) is 1. The molecule has 1 aliphatic carbocycles. The summed E-state index contributed by atoms with van der Waals surface area (Å²) >= 11 is 0. The second-order valence-corrected chi connectivity index (χ2v) is 5.55. The van der Waals surface area contributed by atoms with Crippen molar-refractivity contribution in [2.45, 2.75) is 6.04 Å². The summed E-state index contributed by atoms with van der Waals surface area (Å²) in [5.41, 5.74) is 5.44. The van der Waals surface area contributed by atoms with E-state index in [0.29, 0.717) is 0 Å². The number of para-hydroxylation sites is 2. The molecule has 2 N–H and O–H groups in total. The Bertz CT molecular complexity index is 921. The van der Waals surface area contributed by atoms with Crippen LogP contribution in [0.15, 0.2) is 65.7 Å². The molecule has 0 fully saturated rings. The highest BCUT2D eigenvalue weighted by atomic mass is 15.4. The van der Waals surface area contributed by atoms with E-state index >= 15 is 0 Å². The van der Waals surface area contributed by atoms with Crippen LogP contribution >= 0.6 is 0 Å². The van der Waals surface area contributed by atoms with Gasteiger partial charge in [0, 0.05) is 5.56 Å². The monoisotopic (exact) mass is 271 g/mol. The molecule has 1 atom stereocenters.